The summed E-state index contributed by atoms with van der Waals surface area (Å²) < 4.78 is 26.0. The van der Waals surface area contributed by atoms with E-state index in [9.17, 15) is 18.0 Å². The zero-order valence-corrected chi connectivity index (χ0v) is 12.4. The molecule has 1 unspecified atom stereocenters. The molecule has 1 heterocycles. The molecule has 0 aliphatic carbocycles. The van der Waals surface area contributed by atoms with Crippen molar-refractivity contribution in [2.75, 3.05) is 12.3 Å². The fraction of sp³-hybridized carbons (Fsp3) is 0.385. The fourth-order valence-electron chi connectivity index (χ4n) is 2.27. The second-order valence-corrected chi connectivity index (χ2v) is 6.76. The standard InChI is InChI=1S/C13H17N3O4S/c1-2-11-13(18)15-12(17)7-16(11)21(19,20)8-9-5-3-4-6-10(9)14/h3-6,11H,2,7-8,14H2,1H3,(H,15,17,18). The summed E-state index contributed by atoms with van der Waals surface area (Å²) in [5, 5.41) is 2.15. The quantitative estimate of drug-likeness (QED) is 0.593. The summed E-state index contributed by atoms with van der Waals surface area (Å²) in [5.41, 5.74) is 6.56. The Morgan fingerprint density at radius 3 is 2.62 bits per heavy atom. The number of nitrogen functional groups attached to an aromatic ring is 1. The summed E-state index contributed by atoms with van der Waals surface area (Å²) in [7, 11) is -3.81. The number of nitrogens with zero attached hydrogens (tertiary/aromatic N) is 1. The van der Waals surface area contributed by atoms with Gasteiger partial charge in [0.25, 0.3) is 0 Å². The van der Waals surface area contributed by atoms with Gasteiger partial charge in [-0.25, -0.2) is 8.42 Å². The SMILES string of the molecule is CCC1C(=O)NC(=O)CN1S(=O)(=O)Cc1ccccc1N. The number of anilines is 1. The molecule has 1 saturated heterocycles. The molecule has 8 heteroatoms. The number of piperazine rings is 1. The molecule has 2 amide bonds. The van der Waals surface area contributed by atoms with Crippen LogP contribution in [-0.4, -0.2) is 37.1 Å². The first-order valence-corrected chi connectivity index (χ1v) is 8.12. The lowest BCUT2D eigenvalue weighted by atomic mass is 10.2. The minimum Gasteiger partial charge on any atom is -0.398 e. The van der Waals surface area contributed by atoms with Gasteiger partial charge in [-0.05, 0) is 18.1 Å². The molecule has 1 atom stereocenters. The van der Waals surface area contributed by atoms with E-state index in [1.54, 1.807) is 31.2 Å². The highest BCUT2D eigenvalue weighted by atomic mass is 32.2. The van der Waals surface area contributed by atoms with E-state index >= 15 is 0 Å². The summed E-state index contributed by atoms with van der Waals surface area (Å²) in [6.45, 7) is 1.35. The van der Waals surface area contributed by atoms with Crippen molar-refractivity contribution in [3.8, 4) is 0 Å². The van der Waals surface area contributed by atoms with E-state index < -0.39 is 27.9 Å². The lowest BCUT2D eigenvalue weighted by molar-refractivity contribution is -0.137. The number of nitrogens with two attached hydrogens (primary N) is 1. The molecule has 0 bridgehead atoms. The molecule has 0 aromatic heterocycles. The van der Waals surface area contributed by atoms with Gasteiger partial charge < -0.3 is 5.73 Å². The number of nitrogens with one attached hydrogen (secondary N) is 1. The van der Waals surface area contributed by atoms with Crippen molar-refractivity contribution >= 4 is 27.5 Å². The van der Waals surface area contributed by atoms with Crippen LogP contribution in [0.3, 0.4) is 0 Å². The van der Waals surface area contributed by atoms with E-state index in [0.29, 0.717) is 17.7 Å². The number of carbonyl (C=O) groups is 2. The van der Waals surface area contributed by atoms with Gasteiger partial charge in [0.2, 0.25) is 21.8 Å². The summed E-state index contributed by atoms with van der Waals surface area (Å²) in [5.74, 6) is -1.54. The molecular formula is C13H17N3O4S. The first-order chi connectivity index (χ1) is 9.85. The highest BCUT2D eigenvalue weighted by molar-refractivity contribution is 7.88. The first-order valence-electron chi connectivity index (χ1n) is 6.51. The Morgan fingerprint density at radius 2 is 2.00 bits per heavy atom. The second kappa shape index (κ2) is 5.82. The van der Waals surface area contributed by atoms with Gasteiger partial charge in [-0.3, -0.25) is 14.9 Å². The van der Waals surface area contributed by atoms with E-state index in [1.807, 2.05) is 0 Å². The average molecular weight is 311 g/mol. The molecule has 1 aliphatic heterocycles. The second-order valence-electron chi connectivity index (χ2n) is 4.84. The van der Waals surface area contributed by atoms with Crippen LogP contribution in [0.5, 0.6) is 0 Å². The Kier molecular flexibility index (Phi) is 4.29. The maximum atomic E-state index is 12.5. The van der Waals surface area contributed by atoms with E-state index in [2.05, 4.69) is 5.32 Å². The number of rotatable bonds is 4. The number of amides is 2. The Morgan fingerprint density at radius 1 is 1.33 bits per heavy atom. The van der Waals surface area contributed by atoms with E-state index in [-0.39, 0.29) is 12.3 Å². The van der Waals surface area contributed by atoms with E-state index in [1.165, 1.54) is 0 Å². The van der Waals surface area contributed by atoms with Crippen molar-refractivity contribution in [3.63, 3.8) is 0 Å². The molecule has 114 valence electrons. The molecule has 1 aliphatic rings. The fourth-order valence-corrected chi connectivity index (χ4v) is 4.04. The molecule has 21 heavy (non-hydrogen) atoms. The van der Waals surface area contributed by atoms with Crippen molar-refractivity contribution in [3.05, 3.63) is 29.8 Å². The van der Waals surface area contributed by atoms with Gasteiger partial charge >= 0.3 is 0 Å². The normalized spacial score (nSPS) is 20.3. The third-order valence-corrected chi connectivity index (χ3v) is 5.12. The number of imide groups is 1. The van der Waals surface area contributed by atoms with Crippen LogP contribution in [0.2, 0.25) is 0 Å². The Balaban J connectivity index is 2.31. The van der Waals surface area contributed by atoms with Gasteiger partial charge in [0, 0.05) is 5.69 Å². The van der Waals surface area contributed by atoms with E-state index in [4.69, 9.17) is 5.73 Å². The van der Waals surface area contributed by atoms with Crippen LogP contribution in [0.1, 0.15) is 18.9 Å². The van der Waals surface area contributed by atoms with Gasteiger partial charge in [0.1, 0.15) is 6.04 Å². The molecule has 0 spiro atoms. The smallest absolute Gasteiger partial charge is 0.245 e. The number of benzene rings is 1. The Labute approximate surface area is 123 Å². The number of hydrogen-bond donors (Lipinski definition) is 2. The number of carbonyl (C=O) groups excluding carboxylic acids is 2. The molecule has 0 saturated carbocycles. The minimum absolute atomic E-state index is 0.294. The molecule has 2 rings (SSSR count). The van der Waals surface area contributed by atoms with Gasteiger partial charge in [-0.2, -0.15) is 4.31 Å². The average Bonchev–Trinajstić information content (AvgIpc) is 2.40. The first kappa shape index (κ1) is 15.5. The maximum Gasteiger partial charge on any atom is 0.245 e. The zero-order chi connectivity index (χ0) is 15.6. The van der Waals surface area contributed by atoms with Crippen LogP contribution in [0.15, 0.2) is 24.3 Å². The minimum atomic E-state index is -3.81. The van der Waals surface area contributed by atoms with Crippen LogP contribution in [-0.2, 0) is 25.4 Å². The Hall–Kier alpha value is -1.93. The number of para-hydroxylation sites is 1. The van der Waals surface area contributed by atoms with Crippen molar-refractivity contribution in [2.45, 2.75) is 25.1 Å². The van der Waals surface area contributed by atoms with Crippen LogP contribution < -0.4 is 11.1 Å². The lowest BCUT2D eigenvalue weighted by Gasteiger charge is -2.32. The molecule has 0 radical (unpaired) electrons. The van der Waals surface area contributed by atoms with Crippen molar-refractivity contribution < 1.29 is 18.0 Å². The summed E-state index contributed by atoms with van der Waals surface area (Å²) in [6, 6.07) is 5.75. The van der Waals surface area contributed by atoms with Crippen LogP contribution >= 0.6 is 0 Å². The zero-order valence-electron chi connectivity index (χ0n) is 11.6. The van der Waals surface area contributed by atoms with Gasteiger partial charge in [0.15, 0.2) is 0 Å². The van der Waals surface area contributed by atoms with Gasteiger partial charge in [0.05, 0.1) is 12.3 Å². The van der Waals surface area contributed by atoms with Crippen molar-refractivity contribution in [1.82, 2.24) is 9.62 Å². The molecule has 1 aromatic rings. The largest absolute Gasteiger partial charge is 0.398 e. The topological polar surface area (TPSA) is 110 Å². The highest BCUT2D eigenvalue weighted by Crippen LogP contribution is 2.21. The molecule has 1 aromatic carbocycles. The molecule has 1 fully saturated rings. The van der Waals surface area contributed by atoms with Crippen molar-refractivity contribution in [1.29, 1.82) is 0 Å². The monoisotopic (exact) mass is 311 g/mol. The maximum absolute atomic E-state index is 12.5. The number of hydrogen-bond acceptors (Lipinski definition) is 5. The lowest BCUT2D eigenvalue weighted by Crippen LogP contribution is -2.59. The number of sulfonamides is 1. The highest BCUT2D eigenvalue weighted by Gasteiger charge is 2.39. The van der Waals surface area contributed by atoms with Crippen molar-refractivity contribution in [2.24, 2.45) is 0 Å². The Bertz CT molecular complexity index is 672. The third kappa shape index (κ3) is 3.22. The predicted octanol–water partition coefficient (Wildman–Crippen LogP) is -0.164. The summed E-state index contributed by atoms with van der Waals surface area (Å²) >= 11 is 0. The van der Waals surface area contributed by atoms with Crippen LogP contribution in [0.25, 0.3) is 0 Å². The third-order valence-electron chi connectivity index (χ3n) is 3.35. The van der Waals surface area contributed by atoms with E-state index in [0.717, 1.165) is 4.31 Å². The van der Waals surface area contributed by atoms with Gasteiger partial charge in [-0.1, -0.05) is 25.1 Å². The van der Waals surface area contributed by atoms with Crippen LogP contribution in [0, 0.1) is 0 Å². The predicted molar refractivity (Wildman–Crippen MR) is 77.4 cm³/mol. The molecule has 7 nitrogen and oxygen atoms in total. The summed E-state index contributed by atoms with van der Waals surface area (Å²) in [6.07, 6.45) is 0.294. The summed E-state index contributed by atoms with van der Waals surface area (Å²) in [4.78, 5) is 23.2. The molecule has 3 N–H and O–H groups in total. The van der Waals surface area contributed by atoms with Gasteiger partial charge in [-0.15, -0.1) is 0 Å². The molecular weight excluding hydrogens is 294 g/mol. The van der Waals surface area contributed by atoms with Crippen LogP contribution in [0.4, 0.5) is 5.69 Å².